The molecule has 176 valence electrons. The molecule has 34 heavy (non-hydrogen) atoms. The third-order valence-corrected chi connectivity index (χ3v) is 7.81. The normalized spacial score (nSPS) is 23.6. The van der Waals surface area contributed by atoms with Gasteiger partial charge in [0.05, 0.1) is 5.56 Å². The van der Waals surface area contributed by atoms with Crippen molar-refractivity contribution in [3.05, 3.63) is 77.4 Å². The van der Waals surface area contributed by atoms with E-state index in [9.17, 15) is 4.79 Å². The molecule has 2 unspecified atom stereocenters. The third-order valence-electron chi connectivity index (χ3n) is 7.81. The lowest BCUT2D eigenvalue weighted by atomic mass is 9.96. The number of carbonyl (C=O) groups is 1. The maximum atomic E-state index is 11.1. The molecule has 1 aromatic heterocycles. The zero-order valence-corrected chi connectivity index (χ0v) is 19.2. The molecule has 2 heterocycles. The third kappa shape index (κ3) is 4.20. The Morgan fingerprint density at radius 3 is 2.50 bits per heavy atom. The predicted octanol–water partition coefficient (Wildman–Crippen LogP) is 4.33. The Labute approximate surface area is 199 Å². The van der Waals surface area contributed by atoms with Gasteiger partial charge >= 0.3 is 5.97 Å². The van der Waals surface area contributed by atoms with Crippen molar-refractivity contribution in [3.8, 4) is 0 Å². The fourth-order valence-electron chi connectivity index (χ4n) is 5.26. The van der Waals surface area contributed by atoms with Crippen LogP contribution in [0.5, 0.6) is 0 Å². The molecule has 2 saturated carbocycles. The smallest absolute Gasteiger partial charge is 0.335 e. The molecule has 2 aliphatic carbocycles. The molecule has 0 amide bonds. The van der Waals surface area contributed by atoms with Crippen LogP contribution in [0.1, 0.15) is 71.6 Å². The van der Waals surface area contributed by atoms with Gasteiger partial charge in [-0.25, -0.2) is 4.79 Å². The Hall–Kier alpha value is -3.19. The summed E-state index contributed by atoms with van der Waals surface area (Å²) in [7, 11) is 0. The van der Waals surface area contributed by atoms with E-state index in [4.69, 9.17) is 14.6 Å². The summed E-state index contributed by atoms with van der Waals surface area (Å²) >= 11 is 0. The number of hydrogen-bond acceptors (Lipinski definition) is 6. The Kier molecular flexibility index (Phi) is 5.37. The molecule has 0 spiro atoms. The molecule has 3 fully saturated rings. The maximum Gasteiger partial charge on any atom is 0.335 e. The highest BCUT2D eigenvalue weighted by atomic mass is 16.5. The number of carboxylic acid groups (broad SMARTS) is 1. The summed E-state index contributed by atoms with van der Waals surface area (Å²) in [4.78, 5) is 18.2. The highest BCUT2D eigenvalue weighted by Gasteiger charge is 2.50. The molecular weight excluding hydrogens is 428 g/mol. The first kappa shape index (κ1) is 21.4. The standard InChI is InChI=1S/C27H30N4O3/c32-25(33)20-6-8-21(9-7-20)31-14-10-19(11-15-31)24-29-26(30-34-24)27(12-13-27)17-28-23-16-22(23)18-4-2-1-3-5-18/h1-9,19,22-23,28H,10-17H2,(H,32,33). The van der Waals surface area contributed by atoms with Gasteiger partial charge in [0.15, 0.2) is 5.82 Å². The lowest BCUT2D eigenvalue weighted by Crippen LogP contribution is -2.33. The van der Waals surface area contributed by atoms with Crippen molar-refractivity contribution in [1.29, 1.82) is 0 Å². The van der Waals surface area contributed by atoms with Gasteiger partial charge in [0, 0.05) is 48.6 Å². The number of nitrogens with zero attached hydrogens (tertiary/aromatic N) is 3. The Morgan fingerprint density at radius 2 is 1.82 bits per heavy atom. The molecule has 2 N–H and O–H groups in total. The fraction of sp³-hybridized carbons (Fsp3) is 0.444. The van der Waals surface area contributed by atoms with Gasteiger partial charge in [-0.2, -0.15) is 4.98 Å². The first-order valence-corrected chi connectivity index (χ1v) is 12.3. The van der Waals surface area contributed by atoms with Gasteiger partial charge in [-0.15, -0.1) is 0 Å². The van der Waals surface area contributed by atoms with Gasteiger partial charge in [-0.1, -0.05) is 35.5 Å². The molecule has 3 aliphatic rings. The van der Waals surface area contributed by atoms with E-state index in [2.05, 4.69) is 45.7 Å². The molecule has 7 heteroatoms. The largest absolute Gasteiger partial charge is 0.478 e. The highest BCUT2D eigenvalue weighted by Crippen LogP contribution is 2.48. The van der Waals surface area contributed by atoms with Crippen molar-refractivity contribution in [3.63, 3.8) is 0 Å². The van der Waals surface area contributed by atoms with Crippen LogP contribution in [0.3, 0.4) is 0 Å². The van der Waals surface area contributed by atoms with Gasteiger partial charge < -0.3 is 19.8 Å². The summed E-state index contributed by atoms with van der Waals surface area (Å²) in [6.45, 7) is 2.71. The van der Waals surface area contributed by atoms with Crippen molar-refractivity contribution in [1.82, 2.24) is 15.5 Å². The van der Waals surface area contributed by atoms with Crippen LogP contribution in [0.15, 0.2) is 59.1 Å². The van der Waals surface area contributed by atoms with Crippen molar-refractivity contribution < 1.29 is 14.4 Å². The summed E-state index contributed by atoms with van der Waals surface area (Å²) in [6.07, 6.45) is 5.34. The van der Waals surface area contributed by atoms with Gasteiger partial charge in [0.25, 0.3) is 0 Å². The number of aromatic nitrogens is 2. The highest BCUT2D eigenvalue weighted by molar-refractivity contribution is 5.88. The zero-order chi connectivity index (χ0) is 23.1. The van der Waals surface area contributed by atoms with E-state index < -0.39 is 5.97 Å². The zero-order valence-electron chi connectivity index (χ0n) is 19.2. The van der Waals surface area contributed by atoms with E-state index in [-0.39, 0.29) is 11.3 Å². The quantitative estimate of drug-likeness (QED) is 0.519. The first-order valence-electron chi connectivity index (χ1n) is 12.3. The summed E-state index contributed by atoms with van der Waals surface area (Å²) < 4.78 is 5.75. The van der Waals surface area contributed by atoms with E-state index in [1.807, 2.05) is 12.1 Å². The molecule has 1 saturated heterocycles. The lowest BCUT2D eigenvalue weighted by molar-refractivity contribution is 0.0697. The second-order valence-electron chi connectivity index (χ2n) is 10.1. The second kappa shape index (κ2) is 8.55. The molecule has 2 atom stereocenters. The van der Waals surface area contributed by atoms with Gasteiger partial charge in [0.1, 0.15) is 0 Å². The SMILES string of the molecule is O=C(O)c1ccc(N2CCC(c3nc(C4(CNC5CC5c5ccccc5)CC4)no3)CC2)cc1. The van der Waals surface area contributed by atoms with Gasteiger partial charge in [-0.05, 0) is 61.9 Å². The van der Waals surface area contributed by atoms with E-state index in [1.54, 1.807) is 12.1 Å². The topological polar surface area (TPSA) is 91.5 Å². The number of anilines is 1. The van der Waals surface area contributed by atoms with Crippen LogP contribution in [-0.2, 0) is 5.41 Å². The molecule has 2 aromatic carbocycles. The van der Waals surface area contributed by atoms with Crippen LogP contribution >= 0.6 is 0 Å². The van der Waals surface area contributed by atoms with Crippen LogP contribution in [0.25, 0.3) is 0 Å². The van der Waals surface area contributed by atoms with E-state index in [1.165, 1.54) is 12.0 Å². The molecule has 0 radical (unpaired) electrons. The first-order chi connectivity index (χ1) is 16.6. The number of piperidine rings is 1. The number of benzene rings is 2. The number of rotatable bonds is 8. The molecule has 3 aromatic rings. The number of carboxylic acids is 1. The van der Waals surface area contributed by atoms with Crippen molar-refractivity contribution in [2.45, 2.75) is 55.4 Å². The van der Waals surface area contributed by atoms with E-state index in [0.717, 1.165) is 62.7 Å². The summed E-state index contributed by atoms with van der Waals surface area (Å²) in [6, 6.07) is 18.4. The van der Waals surface area contributed by atoms with Crippen LogP contribution in [-0.4, -0.2) is 46.9 Å². The molecule has 0 bridgehead atoms. The monoisotopic (exact) mass is 458 g/mol. The van der Waals surface area contributed by atoms with Crippen LogP contribution in [0.2, 0.25) is 0 Å². The minimum atomic E-state index is -0.894. The number of nitrogens with one attached hydrogen (secondary N) is 1. The van der Waals surface area contributed by atoms with Gasteiger partial charge in [-0.3, -0.25) is 0 Å². The Bertz CT molecular complexity index is 1150. The second-order valence-corrected chi connectivity index (χ2v) is 10.1. The maximum absolute atomic E-state index is 11.1. The van der Waals surface area contributed by atoms with Crippen LogP contribution in [0.4, 0.5) is 5.69 Å². The van der Waals surface area contributed by atoms with Crippen LogP contribution < -0.4 is 10.2 Å². The Morgan fingerprint density at radius 1 is 1.09 bits per heavy atom. The van der Waals surface area contributed by atoms with E-state index in [0.29, 0.717) is 17.5 Å². The summed E-state index contributed by atoms with van der Waals surface area (Å²) in [5.41, 5.74) is 2.85. The van der Waals surface area contributed by atoms with Gasteiger partial charge in [0.2, 0.25) is 5.89 Å². The average Bonchev–Trinajstić information content (AvgIpc) is 3.80. The summed E-state index contributed by atoms with van der Waals surface area (Å²) in [5, 5.41) is 17.3. The van der Waals surface area contributed by atoms with Crippen molar-refractivity contribution in [2.75, 3.05) is 24.5 Å². The molecular formula is C27H30N4O3. The van der Waals surface area contributed by atoms with Crippen LogP contribution in [0, 0.1) is 0 Å². The molecule has 7 nitrogen and oxygen atoms in total. The molecule has 1 aliphatic heterocycles. The molecule has 6 rings (SSSR count). The fourth-order valence-corrected chi connectivity index (χ4v) is 5.26. The van der Waals surface area contributed by atoms with Crippen molar-refractivity contribution >= 4 is 11.7 Å². The van der Waals surface area contributed by atoms with E-state index >= 15 is 0 Å². The average molecular weight is 459 g/mol. The lowest BCUT2D eigenvalue weighted by Gasteiger charge is -2.32. The number of hydrogen-bond donors (Lipinski definition) is 2. The number of aromatic carboxylic acids is 1. The minimum absolute atomic E-state index is 0.0398. The Balaban J connectivity index is 1.03. The van der Waals surface area contributed by atoms with Crippen molar-refractivity contribution in [2.24, 2.45) is 0 Å². The summed E-state index contributed by atoms with van der Waals surface area (Å²) in [5.74, 6) is 1.66. The minimum Gasteiger partial charge on any atom is -0.478 e. The predicted molar refractivity (Wildman–Crippen MR) is 128 cm³/mol.